The van der Waals surface area contributed by atoms with Crippen LogP contribution in [0.15, 0.2) is 29.4 Å². The summed E-state index contributed by atoms with van der Waals surface area (Å²) in [5.41, 5.74) is 1.56. The van der Waals surface area contributed by atoms with Crippen LogP contribution in [-0.2, 0) is 27.8 Å². The number of carbonyl (C=O) groups excluding carboxylic acids is 1. The summed E-state index contributed by atoms with van der Waals surface area (Å²) in [4.78, 5) is 21.9. The van der Waals surface area contributed by atoms with E-state index < -0.39 is 10.0 Å². The molecule has 5 aliphatic rings. The third-order valence-electron chi connectivity index (χ3n) is 8.40. The van der Waals surface area contributed by atoms with Gasteiger partial charge >= 0.3 is 0 Å². The van der Waals surface area contributed by atoms with Gasteiger partial charge in [-0.3, -0.25) is 4.79 Å². The number of fused-ring (bicyclic) bond motifs is 1. The SMILES string of the molecule is O=C(CC12CC3CC(CC(C3)C1)C2)Nc1ncnc2c1CCN(S(=O)(=O)c1cc(Cl)cc(Cl)c1)C2. The maximum atomic E-state index is 13.2. The fourth-order valence-corrected chi connectivity index (χ4v) is 9.62. The highest BCUT2D eigenvalue weighted by Crippen LogP contribution is 2.61. The van der Waals surface area contributed by atoms with Crippen molar-refractivity contribution in [1.82, 2.24) is 14.3 Å². The number of hydrogen-bond donors (Lipinski definition) is 1. The lowest BCUT2D eigenvalue weighted by Crippen LogP contribution is -2.47. The fourth-order valence-electron chi connectivity index (χ4n) is 7.49. The van der Waals surface area contributed by atoms with Crippen LogP contribution in [0.1, 0.15) is 56.2 Å². The van der Waals surface area contributed by atoms with Crippen molar-refractivity contribution < 1.29 is 13.2 Å². The molecule has 10 heteroatoms. The molecule has 1 aliphatic heterocycles. The van der Waals surface area contributed by atoms with Gasteiger partial charge in [0.1, 0.15) is 12.1 Å². The molecular weight excluding hydrogens is 507 g/mol. The van der Waals surface area contributed by atoms with Gasteiger partial charge in [-0.2, -0.15) is 4.31 Å². The fraction of sp³-hybridized carbons (Fsp3) is 0.560. The minimum absolute atomic E-state index is 0.0106. The lowest BCUT2D eigenvalue weighted by Gasteiger charge is -2.56. The minimum atomic E-state index is -3.80. The van der Waals surface area contributed by atoms with Crippen molar-refractivity contribution in [1.29, 1.82) is 0 Å². The second-order valence-electron chi connectivity index (χ2n) is 11.0. The number of rotatable bonds is 5. The summed E-state index contributed by atoms with van der Waals surface area (Å²) in [6, 6.07) is 4.29. The van der Waals surface area contributed by atoms with Crippen LogP contribution >= 0.6 is 23.2 Å². The van der Waals surface area contributed by atoms with Crippen LogP contribution < -0.4 is 5.32 Å². The van der Waals surface area contributed by atoms with E-state index in [0.29, 0.717) is 24.4 Å². The quantitative estimate of drug-likeness (QED) is 0.577. The van der Waals surface area contributed by atoms with E-state index in [0.717, 1.165) is 23.3 Å². The molecule has 186 valence electrons. The van der Waals surface area contributed by atoms with Crippen LogP contribution in [0.4, 0.5) is 5.82 Å². The van der Waals surface area contributed by atoms with Gasteiger partial charge in [0.25, 0.3) is 0 Å². The number of carbonyl (C=O) groups is 1. The summed E-state index contributed by atoms with van der Waals surface area (Å²) >= 11 is 12.1. The molecule has 2 heterocycles. The van der Waals surface area contributed by atoms with Gasteiger partial charge in [0.2, 0.25) is 15.9 Å². The Morgan fingerprint density at radius 1 is 1.03 bits per heavy atom. The number of amides is 1. The molecule has 1 N–H and O–H groups in total. The predicted octanol–water partition coefficient (Wildman–Crippen LogP) is 5.08. The summed E-state index contributed by atoms with van der Waals surface area (Å²) < 4.78 is 27.8. The van der Waals surface area contributed by atoms with Gasteiger partial charge in [-0.1, -0.05) is 23.2 Å². The Morgan fingerprint density at radius 3 is 2.29 bits per heavy atom. The number of benzene rings is 1. The van der Waals surface area contributed by atoms with Crippen LogP contribution in [0.25, 0.3) is 0 Å². The average Bonchev–Trinajstić information content (AvgIpc) is 2.77. The van der Waals surface area contributed by atoms with E-state index in [2.05, 4.69) is 15.3 Å². The third kappa shape index (κ3) is 4.47. The van der Waals surface area contributed by atoms with E-state index in [-0.39, 0.29) is 39.4 Å². The molecule has 1 aromatic heterocycles. The van der Waals surface area contributed by atoms with Gasteiger partial charge < -0.3 is 5.32 Å². The predicted molar refractivity (Wildman–Crippen MR) is 134 cm³/mol. The van der Waals surface area contributed by atoms with Gasteiger partial charge in [-0.05, 0) is 86.3 Å². The topological polar surface area (TPSA) is 92.3 Å². The molecule has 4 saturated carbocycles. The Hall–Kier alpha value is -1.74. The first kappa shape index (κ1) is 23.6. The molecule has 1 amide bonds. The molecule has 0 spiro atoms. The van der Waals surface area contributed by atoms with Crippen LogP contribution in [0.5, 0.6) is 0 Å². The lowest BCUT2D eigenvalue weighted by atomic mass is 9.49. The number of anilines is 1. The average molecular weight is 535 g/mol. The maximum absolute atomic E-state index is 13.2. The van der Waals surface area contributed by atoms with Crippen molar-refractivity contribution in [2.45, 2.75) is 62.8 Å². The Labute approximate surface area is 215 Å². The van der Waals surface area contributed by atoms with E-state index in [1.165, 1.54) is 67.4 Å². The van der Waals surface area contributed by atoms with Gasteiger partial charge in [-0.15, -0.1) is 0 Å². The maximum Gasteiger partial charge on any atom is 0.243 e. The van der Waals surface area contributed by atoms with Crippen LogP contribution in [0.3, 0.4) is 0 Å². The van der Waals surface area contributed by atoms with Gasteiger partial charge in [0, 0.05) is 28.6 Å². The first-order chi connectivity index (χ1) is 16.7. The van der Waals surface area contributed by atoms with E-state index in [1.54, 1.807) is 0 Å². The van der Waals surface area contributed by atoms with Crippen molar-refractivity contribution in [3.8, 4) is 0 Å². The second-order valence-corrected chi connectivity index (χ2v) is 13.8. The van der Waals surface area contributed by atoms with E-state index in [9.17, 15) is 13.2 Å². The number of nitrogens with one attached hydrogen (secondary N) is 1. The number of hydrogen-bond acceptors (Lipinski definition) is 5. The second kappa shape index (κ2) is 8.68. The van der Waals surface area contributed by atoms with E-state index in [4.69, 9.17) is 23.2 Å². The zero-order valence-corrected chi connectivity index (χ0v) is 21.7. The first-order valence-electron chi connectivity index (χ1n) is 12.3. The molecule has 7 rings (SSSR count). The van der Waals surface area contributed by atoms with Crippen LogP contribution in [-0.4, -0.2) is 35.1 Å². The number of nitrogens with zero attached hydrogens (tertiary/aromatic N) is 3. The molecule has 0 radical (unpaired) electrons. The molecular formula is C25H28Cl2N4O3S. The summed E-state index contributed by atoms with van der Waals surface area (Å²) in [7, 11) is -3.80. The van der Waals surface area contributed by atoms with Crippen molar-refractivity contribution in [2.75, 3.05) is 11.9 Å². The summed E-state index contributed by atoms with van der Waals surface area (Å²) in [6.07, 6.45) is 9.93. The van der Waals surface area contributed by atoms with Gasteiger partial charge in [0.05, 0.1) is 17.1 Å². The molecule has 4 fully saturated rings. The normalized spacial score (nSPS) is 29.7. The van der Waals surface area contributed by atoms with E-state index >= 15 is 0 Å². The van der Waals surface area contributed by atoms with Crippen LogP contribution in [0, 0.1) is 23.2 Å². The molecule has 35 heavy (non-hydrogen) atoms. The zero-order valence-electron chi connectivity index (χ0n) is 19.3. The van der Waals surface area contributed by atoms with Crippen molar-refractivity contribution >= 4 is 45.0 Å². The number of aromatic nitrogens is 2. The number of halogens is 2. The zero-order chi connectivity index (χ0) is 24.4. The lowest BCUT2D eigenvalue weighted by molar-refractivity contribution is -0.124. The Kier molecular flexibility index (Phi) is 5.87. The monoisotopic (exact) mass is 534 g/mol. The number of sulfonamides is 1. The van der Waals surface area contributed by atoms with Crippen molar-refractivity contribution in [2.24, 2.45) is 23.2 Å². The standard InChI is InChI=1S/C25H28Cl2N4O3S/c26-18-6-19(27)8-20(7-18)35(33,34)31-2-1-21-22(13-31)28-14-29-24(21)30-23(32)12-25-9-15-3-16(10-25)5-17(4-15)11-25/h6-8,14-17H,1-5,9-13H2,(H,28,29,30,32). The van der Waals surface area contributed by atoms with E-state index in [1.807, 2.05) is 0 Å². The molecule has 0 atom stereocenters. The summed E-state index contributed by atoms with van der Waals surface area (Å²) in [6.45, 7) is 0.354. The molecule has 0 saturated heterocycles. The van der Waals surface area contributed by atoms with Gasteiger partial charge in [0.15, 0.2) is 0 Å². The highest BCUT2D eigenvalue weighted by molar-refractivity contribution is 7.89. The smallest absolute Gasteiger partial charge is 0.243 e. The summed E-state index contributed by atoms with van der Waals surface area (Å²) in [5.74, 6) is 2.90. The Bertz CT molecular complexity index is 1240. The van der Waals surface area contributed by atoms with Gasteiger partial charge in [-0.25, -0.2) is 18.4 Å². The summed E-state index contributed by atoms with van der Waals surface area (Å²) in [5, 5.41) is 3.58. The molecule has 4 bridgehead atoms. The Morgan fingerprint density at radius 2 is 1.66 bits per heavy atom. The van der Waals surface area contributed by atoms with Crippen LogP contribution in [0.2, 0.25) is 10.0 Å². The van der Waals surface area contributed by atoms with Crippen molar-refractivity contribution in [3.63, 3.8) is 0 Å². The molecule has 7 nitrogen and oxygen atoms in total. The molecule has 1 aromatic carbocycles. The minimum Gasteiger partial charge on any atom is -0.310 e. The third-order valence-corrected chi connectivity index (χ3v) is 10.7. The molecule has 0 unspecified atom stereocenters. The first-order valence-corrected chi connectivity index (χ1v) is 14.5. The largest absolute Gasteiger partial charge is 0.310 e. The molecule has 2 aromatic rings. The van der Waals surface area contributed by atoms with Crippen molar-refractivity contribution in [3.05, 3.63) is 45.8 Å². The molecule has 4 aliphatic carbocycles. The highest BCUT2D eigenvalue weighted by Gasteiger charge is 2.51. The highest BCUT2D eigenvalue weighted by atomic mass is 35.5. The Balaban J connectivity index is 1.18.